The summed E-state index contributed by atoms with van der Waals surface area (Å²) in [5.74, 6) is 2.21. The van der Waals surface area contributed by atoms with Gasteiger partial charge in [-0.2, -0.15) is 0 Å². The summed E-state index contributed by atoms with van der Waals surface area (Å²) in [6.45, 7) is 2.98. The number of hydrogen-bond acceptors (Lipinski definition) is 3. The first-order valence-corrected chi connectivity index (χ1v) is 7.72. The molecule has 1 aliphatic rings. The molecule has 22 heavy (non-hydrogen) atoms. The maximum absolute atomic E-state index is 5.35. The lowest BCUT2D eigenvalue weighted by molar-refractivity contribution is 0.354. The SMILES string of the molecule is COc1ccc(CNC2CC2c2ccc(C)cc2)cc1OC. The predicted octanol–water partition coefficient (Wildman–Crippen LogP) is 3.66. The normalized spacial score (nSPS) is 19.8. The Morgan fingerprint density at radius 3 is 2.41 bits per heavy atom. The second kappa shape index (κ2) is 6.41. The van der Waals surface area contributed by atoms with Crippen LogP contribution >= 0.6 is 0 Å². The molecule has 0 radical (unpaired) electrons. The van der Waals surface area contributed by atoms with Crippen molar-refractivity contribution < 1.29 is 9.47 Å². The van der Waals surface area contributed by atoms with Gasteiger partial charge in [-0.15, -0.1) is 0 Å². The molecular weight excluding hydrogens is 274 g/mol. The van der Waals surface area contributed by atoms with E-state index in [1.54, 1.807) is 14.2 Å². The fourth-order valence-electron chi connectivity index (χ4n) is 2.84. The highest BCUT2D eigenvalue weighted by atomic mass is 16.5. The zero-order valence-corrected chi connectivity index (χ0v) is 13.4. The van der Waals surface area contributed by atoms with Crippen LogP contribution in [0, 0.1) is 6.92 Å². The van der Waals surface area contributed by atoms with Gasteiger partial charge in [0.15, 0.2) is 11.5 Å². The molecule has 0 spiro atoms. The van der Waals surface area contributed by atoms with Gasteiger partial charge < -0.3 is 14.8 Å². The van der Waals surface area contributed by atoms with Crippen LogP contribution in [0.5, 0.6) is 11.5 Å². The lowest BCUT2D eigenvalue weighted by Gasteiger charge is -2.10. The first kappa shape index (κ1) is 14.9. The summed E-state index contributed by atoms with van der Waals surface area (Å²) in [5.41, 5.74) is 3.97. The van der Waals surface area contributed by atoms with E-state index in [2.05, 4.69) is 42.6 Å². The number of benzene rings is 2. The van der Waals surface area contributed by atoms with E-state index >= 15 is 0 Å². The number of rotatable bonds is 6. The van der Waals surface area contributed by atoms with Crippen LogP contribution in [0.2, 0.25) is 0 Å². The maximum atomic E-state index is 5.35. The standard InChI is InChI=1S/C19H23NO2/c1-13-4-7-15(8-5-13)16-11-17(16)20-12-14-6-9-18(21-2)19(10-14)22-3/h4-10,16-17,20H,11-12H2,1-3H3. The van der Waals surface area contributed by atoms with Crippen LogP contribution in [-0.2, 0) is 6.54 Å². The quantitative estimate of drug-likeness (QED) is 0.882. The molecule has 1 aliphatic carbocycles. The first-order chi connectivity index (χ1) is 10.7. The molecule has 0 amide bonds. The molecule has 3 rings (SSSR count). The summed E-state index contributed by atoms with van der Waals surface area (Å²) in [7, 11) is 3.33. The van der Waals surface area contributed by atoms with Crippen LogP contribution in [0.4, 0.5) is 0 Å². The van der Waals surface area contributed by atoms with Crippen molar-refractivity contribution in [2.45, 2.75) is 31.8 Å². The van der Waals surface area contributed by atoms with Crippen molar-refractivity contribution in [2.24, 2.45) is 0 Å². The van der Waals surface area contributed by atoms with E-state index < -0.39 is 0 Å². The van der Waals surface area contributed by atoms with Gasteiger partial charge in [0.1, 0.15) is 0 Å². The molecule has 0 aromatic heterocycles. The lowest BCUT2D eigenvalue weighted by Crippen LogP contribution is -2.17. The Labute approximate surface area is 132 Å². The molecular formula is C19H23NO2. The van der Waals surface area contributed by atoms with Crippen molar-refractivity contribution >= 4 is 0 Å². The topological polar surface area (TPSA) is 30.5 Å². The molecule has 1 fully saturated rings. The van der Waals surface area contributed by atoms with Gasteiger partial charge in [-0.1, -0.05) is 35.9 Å². The molecule has 3 nitrogen and oxygen atoms in total. The number of nitrogens with one attached hydrogen (secondary N) is 1. The summed E-state index contributed by atoms with van der Waals surface area (Å²) in [6, 6.07) is 15.5. The minimum atomic E-state index is 0.579. The van der Waals surface area contributed by atoms with Gasteiger partial charge in [0.25, 0.3) is 0 Å². The summed E-state index contributed by atoms with van der Waals surface area (Å²) < 4.78 is 10.6. The van der Waals surface area contributed by atoms with Gasteiger partial charge >= 0.3 is 0 Å². The Balaban J connectivity index is 1.57. The van der Waals surface area contributed by atoms with Crippen LogP contribution in [0.25, 0.3) is 0 Å². The smallest absolute Gasteiger partial charge is 0.161 e. The molecule has 1 N–H and O–H groups in total. The third-order valence-corrected chi connectivity index (χ3v) is 4.31. The number of hydrogen-bond donors (Lipinski definition) is 1. The van der Waals surface area contributed by atoms with Crippen LogP contribution in [0.1, 0.15) is 29.0 Å². The zero-order valence-electron chi connectivity index (χ0n) is 13.4. The van der Waals surface area contributed by atoms with Gasteiger partial charge in [-0.05, 0) is 36.6 Å². The highest BCUT2D eigenvalue weighted by molar-refractivity contribution is 5.43. The van der Waals surface area contributed by atoms with E-state index in [4.69, 9.17) is 9.47 Å². The molecule has 2 aromatic carbocycles. The van der Waals surface area contributed by atoms with Crippen LogP contribution in [0.15, 0.2) is 42.5 Å². The lowest BCUT2D eigenvalue weighted by atomic mass is 10.1. The summed E-state index contributed by atoms with van der Waals surface area (Å²) in [5, 5.41) is 3.63. The Kier molecular flexibility index (Phi) is 4.34. The summed E-state index contributed by atoms with van der Waals surface area (Å²) in [6.07, 6.45) is 1.22. The first-order valence-electron chi connectivity index (χ1n) is 7.72. The number of methoxy groups -OCH3 is 2. The fraction of sp³-hybridized carbons (Fsp3) is 0.368. The maximum Gasteiger partial charge on any atom is 0.161 e. The minimum absolute atomic E-state index is 0.579. The van der Waals surface area contributed by atoms with Gasteiger partial charge in [0.2, 0.25) is 0 Å². The second-order valence-electron chi connectivity index (χ2n) is 5.93. The molecule has 2 atom stereocenters. The molecule has 1 saturated carbocycles. The van der Waals surface area contributed by atoms with E-state index in [1.807, 2.05) is 12.1 Å². The van der Waals surface area contributed by atoms with Crippen LogP contribution in [-0.4, -0.2) is 20.3 Å². The van der Waals surface area contributed by atoms with Crippen molar-refractivity contribution in [3.05, 3.63) is 59.2 Å². The van der Waals surface area contributed by atoms with Gasteiger partial charge in [0.05, 0.1) is 14.2 Å². The third-order valence-electron chi connectivity index (χ3n) is 4.31. The molecule has 0 heterocycles. The summed E-state index contributed by atoms with van der Waals surface area (Å²) in [4.78, 5) is 0. The highest BCUT2D eigenvalue weighted by Crippen LogP contribution is 2.41. The molecule has 2 unspecified atom stereocenters. The fourth-order valence-corrected chi connectivity index (χ4v) is 2.84. The average molecular weight is 297 g/mol. The molecule has 2 aromatic rings. The van der Waals surface area contributed by atoms with E-state index in [-0.39, 0.29) is 0 Å². The van der Waals surface area contributed by atoms with E-state index in [0.717, 1.165) is 18.0 Å². The minimum Gasteiger partial charge on any atom is -0.493 e. The van der Waals surface area contributed by atoms with Crippen molar-refractivity contribution in [3.63, 3.8) is 0 Å². The molecule has 116 valence electrons. The number of aryl methyl sites for hydroxylation is 1. The van der Waals surface area contributed by atoms with E-state index in [9.17, 15) is 0 Å². The van der Waals surface area contributed by atoms with E-state index in [1.165, 1.54) is 23.1 Å². The van der Waals surface area contributed by atoms with Gasteiger partial charge in [-0.25, -0.2) is 0 Å². The monoisotopic (exact) mass is 297 g/mol. The van der Waals surface area contributed by atoms with Crippen LogP contribution < -0.4 is 14.8 Å². The molecule has 3 heteroatoms. The third kappa shape index (κ3) is 3.25. The van der Waals surface area contributed by atoms with Crippen molar-refractivity contribution in [2.75, 3.05) is 14.2 Å². The number of ether oxygens (including phenoxy) is 2. The molecule has 0 aliphatic heterocycles. The molecule has 0 saturated heterocycles. The van der Waals surface area contributed by atoms with Gasteiger partial charge in [-0.3, -0.25) is 0 Å². The zero-order chi connectivity index (χ0) is 15.5. The summed E-state index contributed by atoms with van der Waals surface area (Å²) >= 11 is 0. The van der Waals surface area contributed by atoms with Crippen molar-refractivity contribution in [1.29, 1.82) is 0 Å². The van der Waals surface area contributed by atoms with E-state index in [0.29, 0.717) is 12.0 Å². The van der Waals surface area contributed by atoms with Crippen molar-refractivity contribution in [1.82, 2.24) is 5.32 Å². The largest absolute Gasteiger partial charge is 0.493 e. The Hall–Kier alpha value is -2.00. The highest BCUT2D eigenvalue weighted by Gasteiger charge is 2.37. The van der Waals surface area contributed by atoms with Gasteiger partial charge in [0, 0.05) is 18.5 Å². The Morgan fingerprint density at radius 2 is 1.73 bits per heavy atom. The van der Waals surface area contributed by atoms with Crippen LogP contribution in [0.3, 0.4) is 0 Å². The van der Waals surface area contributed by atoms with Crippen molar-refractivity contribution in [3.8, 4) is 11.5 Å². The Morgan fingerprint density at radius 1 is 1.00 bits per heavy atom. The predicted molar refractivity (Wildman–Crippen MR) is 88.7 cm³/mol. The second-order valence-corrected chi connectivity index (χ2v) is 5.93. The Bertz CT molecular complexity index is 636. The molecule has 0 bridgehead atoms. The average Bonchev–Trinajstić information content (AvgIpc) is 3.33.